The highest BCUT2D eigenvalue weighted by molar-refractivity contribution is 9.10. The van der Waals surface area contributed by atoms with Crippen molar-refractivity contribution in [2.75, 3.05) is 20.2 Å². The van der Waals surface area contributed by atoms with E-state index in [0.717, 1.165) is 36.2 Å². The van der Waals surface area contributed by atoms with Gasteiger partial charge in [-0.3, -0.25) is 0 Å². The second-order valence-electron chi connectivity index (χ2n) is 5.86. The standard InChI is InChI=1S/C20H22BrNOS/c1-14-20(15-5-7-16(21)8-6-15)18-10-9-17(13-19(18)24-14)23-12-4-3-11-22-2/h5-10,13,22H,3-4,11-12H2,1-2H3. The predicted octanol–water partition coefficient (Wildman–Crippen LogP) is 6.02. The molecule has 3 aromatic rings. The molecule has 0 amide bonds. The molecular formula is C20H22BrNOS. The molecule has 3 rings (SSSR count). The van der Waals surface area contributed by atoms with Crippen molar-refractivity contribution in [1.29, 1.82) is 0 Å². The lowest BCUT2D eigenvalue weighted by Crippen LogP contribution is -2.09. The lowest BCUT2D eigenvalue weighted by molar-refractivity contribution is 0.307. The molecule has 0 aliphatic rings. The topological polar surface area (TPSA) is 21.3 Å². The Morgan fingerprint density at radius 3 is 2.62 bits per heavy atom. The third-order valence-electron chi connectivity index (χ3n) is 4.06. The molecule has 2 nitrogen and oxygen atoms in total. The summed E-state index contributed by atoms with van der Waals surface area (Å²) in [6.07, 6.45) is 2.22. The van der Waals surface area contributed by atoms with Crippen molar-refractivity contribution in [3.63, 3.8) is 0 Å². The molecule has 4 heteroatoms. The van der Waals surface area contributed by atoms with Gasteiger partial charge < -0.3 is 10.1 Å². The number of rotatable bonds is 7. The highest BCUT2D eigenvalue weighted by Crippen LogP contribution is 2.40. The summed E-state index contributed by atoms with van der Waals surface area (Å²) in [5.74, 6) is 0.968. The van der Waals surface area contributed by atoms with Crippen molar-refractivity contribution in [2.24, 2.45) is 0 Å². The van der Waals surface area contributed by atoms with Crippen molar-refractivity contribution >= 4 is 37.4 Å². The third-order valence-corrected chi connectivity index (χ3v) is 5.66. The van der Waals surface area contributed by atoms with Crippen LogP contribution in [-0.4, -0.2) is 20.2 Å². The maximum atomic E-state index is 5.90. The number of aryl methyl sites for hydroxylation is 1. The van der Waals surface area contributed by atoms with E-state index in [1.165, 1.54) is 26.1 Å². The van der Waals surface area contributed by atoms with E-state index in [9.17, 15) is 0 Å². The molecule has 0 aliphatic heterocycles. The van der Waals surface area contributed by atoms with Crippen LogP contribution in [0.1, 0.15) is 17.7 Å². The first-order chi connectivity index (χ1) is 11.7. The Morgan fingerprint density at radius 2 is 1.88 bits per heavy atom. The Balaban J connectivity index is 1.81. The fourth-order valence-electron chi connectivity index (χ4n) is 2.86. The fourth-order valence-corrected chi connectivity index (χ4v) is 4.24. The Bertz CT molecular complexity index is 810. The number of nitrogens with one attached hydrogen (secondary N) is 1. The van der Waals surface area contributed by atoms with E-state index < -0.39 is 0 Å². The summed E-state index contributed by atoms with van der Waals surface area (Å²) in [5.41, 5.74) is 2.60. The number of benzene rings is 2. The van der Waals surface area contributed by atoms with Gasteiger partial charge in [-0.05, 0) is 69.3 Å². The summed E-state index contributed by atoms with van der Waals surface area (Å²) in [4.78, 5) is 1.35. The van der Waals surface area contributed by atoms with Gasteiger partial charge in [0.15, 0.2) is 0 Å². The average molecular weight is 404 g/mol. The van der Waals surface area contributed by atoms with Crippen LogP contribution in [0, 0.1) is 6.92 Å². The number of halogens is 1. The molecule has 0 spiro atoms. The maximum absolute atomic E-state index is 5.90. The lowest BCUT2D eigenvalue weighted by atomic mass is 10.0. The van der Waals surface area contributed by atoms with Crippen LogP contribution < -0.4 is 10.1 Å². The predicted molar refractivity (Wildman–Crippen MR) is 108 cm³/mol. The summed E-state index contributed by atoms with van der Waals surface area (Å²) in [6.45, 7) is 4.01. The summed E-state index contributed by atoms with van der Waals surface area (Å²) in [5, 5.41) is 4.47. The van der Waals surface area contributed by atoms with E-state index in [2.05, 4.69) is 70.6 Å². The number of thiophene rings is 1. The zero-order chi connectivity index (χ0) is 16.9. The number of fused-ring (bicyclic) bond motifs is 1. The summed E-state index contributed by atoms with van der Waals surface area (Å²) in [7, 11) is 1.98. The summed E-state index contributed by atoms with van der Waals surface area (Å²) < 4.78 is 8.30. The van der Waals surface area contributed by atoms with Crippen LogP contribution in [0.4, 0.5) is 0 Å². The zero-order valence-electron chi connectivity index (χ0n) is 14.1. The van der Waals surface area contributed by atoms with Gasteiger partial charge in [0.2, 0.25) is 0 Å². The zero-order valence-corrected chi connectivity index (χ0v) is 16.5. The van der Waals surface area contributed by atoms with Crippen LogP contribution >= 0.6 is 27.3 Å². The lowest BCUT2D eigenvalue weighted by Gasteiger charge is -2.07. The van der Waals surface area contributed by atoms with Gasteiger partial charge in [-0.25, -0.2) is 0 Å². The molecule has 24 heavy (non-hydrogen) atoms. The fraction of sp³-hybridized carbons (Fsp3) is 0.300. The Labute approximate surface area is 156 Å². The van der Waals surface area contributed by atoms with Gasteiger partial charge >= 0.3 is 0 Å². The van der Waals surface area contributed by atoms with E-state index in [4.69, 9.17) is 4.74 Å². The molecule has 1 N–H and O–H groups in total. The largest absolute Gasteiger partial charge is 0.494 e. The first kappa shape index (κ1) is 17.5. The molecule has 2 aromatic carbocycles. The summed E-state index contributed by atoms with van der Waals surface area (Å²) >= 11 is 5.35. The Hall–Kier alpha value is -1.36. The molecule has 0 radical (unpaired) electrons. The van der Waals surface area contributed by atoms with E-state index >= 15 is 0 Å². The SMILES string of the molecule is CNCCCCOc1ccc2c(-c3ccc(Br)cc3)c(C)sc2c1. The maximum Gasteiger partial charge on any atom is 0.120 e. The first-order valence-electron chi connectivity index (χ1n) is 8.25. The molecule has 0 bridgehead atoms. The number of hydrogen-bond donors (Lipinski definition) is 1. The van der Waals surface area contributed by atoms with Crippen molar-refractivity contribution in [2.45, 2.75) is 19.8 Å². The monoisotopic (exact) mass is 403 g/mol. The first-order valence-corrected chi connectivity index (χ1v) is 9.86. The van der Waals surface area contributed by atoms with Crippen LogP contribution in [-0.2, 0) is 0 Å². The van der Waals surface area contributed by atoms with Crippen LogP contribution in [0.2, 0.25) is 0 Å². The number of hydrogen-bond acceptors (Lipinski definition) is 3. The molecule has 0 saturated heterocycles. The van der Waals surface area contributed by atoms with Crippen molar-refractivity contribution in [3.05, 3.63) is 51.8 Å². The molecular weight excluding hydrogens is 382 g/mol. The van der Waals surface area contributed by atoms with Gasteiger partial charge in [0, 0.05) is 25.0 Å². The van der Waals surface area contributed by atoms with Gasteiger partial charge in [0.25, 0.3) is 0 Å². The van der Waals surface area contributed by atoms with Gasteiger partial charge in [0.05, 0.1) is 6.61 Å². The minimum absolute atomic E-state index is 0.775. The Morgan fingerprint density at radius 1 is 1.08 bits per heavy atom. The summed E-state index contributed by atoms with van der Waals surface area (Å²) in [6, 6.07) is 15.0. The highest BCUT2D eigenvalue weighted by atomic mass is 79.9. The number of ether oxygens (including phenoxy) is 1. The smallest absolute Gasteiger partial charge is 0.120 e. The van der Waals surface area contributed by atoms with E-state index in [0.29, 0.717) is 0 Å². The van der Waals surface area contributed by atoms with Crippen molar-refractivity contribution in [3.8, 4) is 16.9 Å². The second-order valence-corrected chi connectivity index (χ2v) is 8.03. The van der Waals surface area contributed by atoms with E-state index in [-0.39, 0.29) is 0 Å². The van der Waals surface area contributed by atoms with Gasteiger partial charge in [0.1, 0.15) is 5.75 Å². The van der Waals surface area contributed by atoms with Crippen LogP contribution in [0.3, 0.4) is 0 Å². The Kier molecular flexibility index (Phi) is 5.93. The second kappa shape index (κ2) is 8.15. The molecule has 0 unspecified atom stereocenters. The van der Waals surface area contributed by atoms with Crippen LogP contribution in [0.25, 0.3) is 21.2 Å². The number of unbranched alkanes of at least 4 members (excludes halogenated alkanes) is 1. The minimum Gasteiger partial charge on any atom is -0.494 e. The molecule has 0 fully saturated rings. The van der Waals surface area contributed by atoms with Crippen LogP contribution in [0.15, 0.2) is 46.9 Å². The van der Waals surface area contributed by atoms with Crippen molar-refractivity contribution < 1.29 is 4.74 Å². The van der Waals surface area contributed by atoms with E-state index in [1.807, 2.05) is 18.4 Å². The molecule has 0 aliphatic carbocycles. The highest BCUT2D eigenvalue weighted by Gasteiger charge is 2.12. The minimum atomic E-state index is 0.775. The molecule has 0 saturated carbocycles. The van der Waals surface area contributed by atoms with E-state index in [1.54, 1.807) is 0 Å². The molecule has 1 heterocycles. The molecule has 1 aromatic heterocycles. The van der Waals surface area contributed by atoms with Gasteiger partial charge in [-0.1, -0.05) is 28.1 Å². The van der Waals surface area contributed by atoms with Gasteiger partial charge in [-0.2, -0.15) is 0 Å². The van der Waals surface area contributed by atoms with Gasteiger partial charge in [-0.15, -0.1) is 11.3 Å². The third kappa shape index (κ3) is 4.00. The van der Waals surface area contributed by atoms with Crippen LogP contribution in [0.5, 0.6) is 5.75 Å². The molecule has 0 atom stereocenters. The normalized spacial score (nSPS) is 11.1. The molecule has 126 valence electrons. The quantitative estimate of drug-likeness (QED) is 0.487. The van der Waals surface area contributed by atoms with Crippen molar-refractivity contribution in [1.82, 2.24) is 5.32 Å². The average Bonchev–Trinajstić information content (AvgIpc) is 2.90.